The highest BCUT2D eigenvalue weighted by atomic mass is 32.2. The summed E-state index contributed by atoms with van der Waals surface area (Å²) in [5.74, 6) is 2.57. The number of carbonyl (C=O) groups is 1. The lowest BCUT2D eigenvalue weighted by Gasteiger charge is -2.17. The van der Waals surface area contributed by atoms with Crippen LogP contribution in [0.3, 0.4) is 0 Å². The van der Waals surface area contributed by atoms with Gasteiger partial charge < -0.3 is 18.9 Å². The second kappa shape index (κ2) is 9.43. The lowest BCUT2D eigenvalue weighted by Crippen LogP contribution is -2.30. The SMILES string of the molecule is CCn1c(SCC(=O)N2CCc3ccccc32)nnc1C(C)Oc1cccc(OC)c1. The Morgan fingerprint density at radius 2 is 1.97 bits per heavy atom. The topological polar surface area (TPSA) is 69.5 Å². The van der Waals surface area contributed by atoms with Crippen LogP contribution >= 0.6 is 11.8 Å². The van der Waals surface area contributed by atoms with Crippen molar-refractivity contribution in [2.45, 2.75) is 38.1 Å². The largest absolute Gasteiger partial charge is 0.497 e. The van der Waals surface area contributed by atoms with Gasteiger partial charge in [0.1, 0.15) is 11.5 Å². The quantitative estimate of drug-likeness (QED) is 0.493. The summed E-state index contributed by atoms with van der Waals surface area (Å²) in [5.41, 5.74) is 2.24. The van der Waals surface area contributed by atoms with E-state index in [1.165, 1.54) is 17.3 Å². The zero-order chi connectivity index (χ0) is 21.8. The van der Waals surface area contributed by atoms with Crippen molar-refractivity contribution < 1.29 is 14.3 Å². The number of anilines is 1. The fourth-order valence-electron chi connectivity index (χ4n) is 3.74. The van der Waals surface area contributed by atoms with Crippen molar-refractivity contribution in [2.75, 3.05) is 24.3 Å². The van der Waals surface area contributed by atoms with Crippen LogP contribution in [0, 0.1) is 0 Å². The van der Waals surface area contributed by atoms with Crippen molar-refractivity contribution in [2.24, 2.45) is 0 Å². The first kappa shape index (κ1) is 21.2. The molecule has 1 aromatic heterocycles. The van der Waals surface area contributed by atoms with E-state index in [4.69, 9.17) is 9.47 Å². The van der Waals surface area contributed by atoms with Crippen molar-refractivity contribution in [1.29, 1.82) is 0 Å². The molecule has 1 aliphatic heterocycles. The minimum absolute atomic E-state index is 0.0860. The van der Waals surface area contributed by atoms with Gasteiger partial charge in [-0.25, -0.2) is 0 Å². The average Bonchev–Trinajstić information content (AvgIpc) is 3.41. The fourth-order valence-corrected chi connectivity index (χ4v) is 4.62. The van der Waals surface area contributed by atoms with Crippen LogP contribution in [-0.4, -0.2) is 40.1 Å². The molecule has 162 valence electrons. The third-order valence-electron chi connectivity index (χ3n) is 5.29. The van der Waals surface area contributed by atoms with Gasteiger partial charge in [0.15, 0.2) is 17.1 Å². The molecule has 8 heteroatoms. The summed E-state index contributed by atoms with van der Waals surface area (Å²) < 4.78 is 13.3. The third kappa shape index (κ3) is 4.54. The maximum absolute atomic E-state index is 12.8. The zero-order valence-corrected chi connectivity index (χ0v) is 18.8. The maximum Gasteiger partial charge on any atom is 0.237 e. The standard InChI is InChI=1S/C23H26N4O3S/c1-4-26-22(16(2)30-19-10-7-9-18(14-19)29-3)24-25-23(26)31-15-21(28)27-13-12-17-8-5-6-11-20(17)27/h5-11,14,16H,4,12-13,15H2,1-3H3. The Balaban J connectivity index is 1.42. The summed E-state index contributed by atoms with van der Waals surface area (Å²) in [4.78, 5) is 14.7. The van der Waals surface area contributed by atoms with Gasteiger partial charge in [-0.2, -0.15) is 0 Å². The molecule has 0 radical (unpaired) electrons. The van der Waals surface area contributed by atoms with Gasteiger partial charge in [0.2, 0.25) is 5.91 Å². The predicted octanol–water partition coefficient (Wildman–Crippen LogP) is 4.13. The molecule has 1 atom stereocenters. The minimum Gasteiger partial charge on any atom is -0.497 e. The molecule has 0 spiro atoms. The molecule has 0 N–H and O–H groups in total. The Morgan fingerprint density at radius 1 is 1.16 bits per heavy atom. The monoisotopic (exact) mass is 438 g/mol. The van der Waals surface area contributed by atoms with E-state index < -0.39 is 0 Å². The number of carbonyl (C=O) groups excluding carboxylic acids is 1. The van der Waals surface area contributed by atoms with Crippen LogP contribution in [-0.2, 0) is 17.8 Å². The molecule has 2 aromatic carbocycles. The first-order valence-corrected chi connectivity index (χ1v) is 11.3. The van der Waals surface area contributed by atoms with Crippen molar-refractivity contribution in [3.63, 3.8) is 0 Å². The van der Waals surface area contributed by atoms with E-state index in [0.29, 0.717) is 18.0 Å². The molecule has 31 heavy (non-hydrogen) atoms. The fraction of sp³-hybridized carbons (Fsp3) is 0.348. The molecule has 0 aliphatic carbocycles. The maximum atomic E-state index is 12.8. The Hall–Kier alpha value is -3.00. The summed E-state index contributed by atoms with van der Waals surface area (Å²) in [7, 11) is 1.63. The lowest BCUT2D eigenvalue weighted by molar-refractivity contribution is -0.116. The molecule has 3 aromatic rings. The molecule has 7 nitrogen and oxygen atoms in total. The first-order chi connectivity index (χ1) is 15.1. The first-order valence-electron chi connectivity index (χ1n) is 10.4. The molecular formula is C23H26N4O3S. The number of hydrogen-bond donors (Lipinski definition) is 0. The van der Waals surface area contributed by atoms with E-state index in [9.17, 15) is 4.79 Å². The molecule has 1 unspecified atom stereocenters. The molecule has 0 fully saturated rings. The number of rotatable bonds is 8. The summed E-state index contributed by atoms with van der Waals surface area (Å²) in [5, 5.41) is 9.40. The Labute approximate surface area is 186 Å². The van der Waals surface area contributed by atoms with Gasteiger partial charge in [-0.1, -0.05) is 36.0 Å². The third-order valence-corrected chi connectivity index (χ3v) is 6.24. The summed E-state index contributed by atoms with van der Waals surface area (Å²) in [6.07, 6.45) is 0.608. The molecule has 0 bridgehead atoms. The van der Waals surface area contributed by atoms with Crippen molar-refractivity contribution in [3.8, 4) is 11.5 Å². The Kier molecular flexibility index (Phi) is 6.46. The number of nitrogens with zero attached hydrogens (tertiary/aromatic N) is 4. The number of methoxy groups -OCH3 is 1. The molecular weight excluding hydrogens is 412 g/mol. The van der Waals surface area contributed by atoms with Gasteiger partial charge in [0.25, 0.3) is 0 Å². The second-order valence-corrected chi connectivity index (χ2v) is 8.18. The Bertz CT molecular complexity index is 1070. The van der Waals surface area contributed by atoms with Gasteiger partial charge in [-0.3, -0.25) is 4.79 Å². The Morgan fingerprint density at radius 3 is 2.77 bits per heavy atom. The van der Waals surface area contributed by atoms with E-state index in [1.807, 2.05) is 65.8 Å². The van der Waals surface area contributed by atoms with E-state index in [2.05, 4.69) is 16.3 Å². The number of thioether (sulfide) groups is 1. The van der Waals surface area contributed by atoms with Crippen molar-refractivity contribution >= 4 is 23.4 Å². The number of para-hydroxylation sites is 1. The molecule has 0 saturated heterocycles. The van der Waals surface area contributed by atoms with Crippen LogP contribution in [0.1, 0.15) is 31.3 Å². The van der Waals surface area contributed by atoms with Crippen LogP contribution in [0.2, 0.25) is 0 Å². The van der Waals surface area contributed by atoms with Gasteiger partial charge in [-0.15, -0.1) is 10.2 Å². The number of aromatic nitrogens is 3. The van der Waals surface area contributed by atoms with Crippen LogP contribution in [0.4, 0.5) is 5.69 Å². The van der Waals surface area contributed by atoms with Crippen LogP contribution in [0.25, 0.3) is 0 Å². The van der Waals surface area contributed by atoms with Crippen LogP contribution in [0.5, 0.6) is 11.5 Å². The van der Waals surface area contributed by atoms with Gasteiger partial charge >= 0.3 is 0 Å². The zero-order valence-electron chi connectivity index (χ0n) is 17.9. The number of benzene rings is 2. The van der Waals surface area contributed by atoms with Gasteiger partial charge in [-0.05, 0) is 44.0 Å². The molecule has 4 rings (SSSR count). The highest BCUT2D eigenvalue weighted by Gasteiger charge is 2.25. The van der Waals surface area contributed by atoms with E-state index in [-0.39, 0.29) is 12.0 Å². The smallest absolute Gasteiger partial charge is 0.237 e. The van der Waals surface area contributed by atoms with E-state index >= 15 is 0 Å². The number of ether oxygens (including phenoxy) is 2. The second-order valence-electron chi connectivity index (χ2n) is 7.24. The number of fused-ring (bicyclic) bond motifs is 1. The summed E-state index contributed by atoms with van der Waals surface area (Å²) in [6.45, 7) is 5.40. The van der Waals surface area contributed by atoms with Gasteiger partial charge in [0, 0.05) is 24.8 Å². The molecule has 2 heterocycles. The van der Waals surface area contributed by atoms with Gasteiger partial charge in [0.05, 0.1) is 12.9 Å². The van der Waals surface area contributed by atoms with Crippen molar-refractivity contribution in [1.82, 2.24) is 14.8 Å². The van der Waals surface area contributed by atoms with E-state index in [0.717, 1.165) is 35.4 Å². The van der Waals surface area contributed by atoms with Crippen molar-refractivity contribution in [3.05, 3.63) is 59.9 Å². The number of amides is 1. The predicted molar refractivity (Wildman–Crippen MR) is 121 cm³/mol. The number of hydrogen-bond acceptors (Lipinski definition) is 6. The highest BCUT2D eigenvalue weighted by molar-refractivity contribution is 7.99. The highest BCUT2D eigenvalue weighted by Crippen LogP contribution is 2.30. The minimum atomic E-state index is -0.296. The summed E-state index contributed by atoms with van der Waals surface area (Å²) >= 11 is 1.41. The average molecular weight is 439 g/mol. The molecule has 1 aliphatic rings. The lowest BCUT2D eigenvalue weighted by atomic mass is 10.2. The van der Waals surface area contributed by atoms with Crippen LogP contribution < -0.4 is 14.4 Å². The summed E-state index contributed by atoms with van der Waals surface area (Å²) in [6, 6.07) is 15.6. The molecule has 1 amide bonds. The van der Waals surface area contributed by atoms with Crippen LogP contribution in [0.15, 0.2) is 53.7 Å². The van der Waals surface area contributed by atoms with E-state index in [1.54, 1.807) is 7.11 Å². The molecule has 0 saturated carbocycles. The normalized spacial score (nSPS) is 13.7.